The number of nitrogens with one attached hydrogen (secondary N) is 1. The van der Waals surface area contributed by atoms with Crippen molar-refractivity contribution in [3.8, 4) is 11.5 Å². The van der Waals surface area contributed by atoms with E-state index in [0.29, 0.717) is 29.5 Å². The van der Waals surface area contributed by atoms with E-state index >= 15 is 0 Å². The summed E-state index contributed by atoms with van der Waals surface area (Å²) in [7, 11) is 0. The highest BCUT2D eigenvalue weighted by molar-refractivity contribution is 6.30. The summed E-state index contributed by atoms with van der Waals surface area (Å²) in [6.07, 6.45) is 3.32. The van der Waals surface area contributed by atoms with Gasteiger partial charge in [-0.3, -0.25) is 4.79 Å². The molecule has 5 nitrogen and oxygen atoms in total. The van der Waals surface area contributed by atoms with Crippen LogP contribution in [0.1, 0.15) is 34.8 Å². The number of hydrazone groups is 1. The Balaban J connectivity index is 1.46. The minimum Gasteiger partial charge on any atom is -0.493 e. The zero-order valence-electron chi connectivity index (χ0n) is 17.4. The Kier molecular flexibility index (Phi) is 8.49. The molecular formula is C25H25ClN2O3. The lowest BCUT2D eigenvalue weighted by Crippen LogP contribution is -2.17. The van der Waals surface area contributed by atoms with E-state index in [1.165, 1.54) is 5.56 Å². The molecule has 0 atom stereocenters. The number of carbonyl (C=O) groups excluding carboxylic acids is 1. The molecule has 0 fully saturated rings. The summed E-state index contributed by atoms with van der Waals surface area (Å²) in [4.78, 5) is 12.1. The van der Waals surface area contributed by atoms with Gasteiger partial charge in [0, 0.05) is 22.6 Å². The fraction of sp³-hybridized carbons (Fsp3) is 0.200. The van der Waals surface area contributed by atoms with Gasteiger partial charge in [0.25, 0.3) is 5.91 Å². The molecule has 0 unspecified atom stereocenters. The van der Waals surface area contributed by atoms with Crippen molar-refractivity contribution in [1.29, 1.82) is 0 Å². The van der Waals surface area contributed by atoms with E-state index in [1.54, 1.807) is 30.5 Å². The number of carbonyl (C=O) groups is 1. The van der Waals surface area contributed by atoms with Crippen LogP contribution in [0.5, 0.6) is 11.5 Å². The van der Waals surface area contributed by atoms with Crippen molar-refractivity contribution in [3.63, 3.8) is 0 Å². The number of nitrogens with zero attached hydrogens (tertiary/aromatic N) is 1. The third kappa shape index (κ3) is 7.15. The van der Waals surface area contributed by atoms with Crippen LogP contribution in [0.3, 0.4) is 0 Å². The van der Waals surface area contributed by atoms with E-state index in [-0.39, 0.29) is 5.91 Å². The topological polar surface area (TPSA) is 59.9 Å². The number of ether oxygens (including phenoxy) is 2. The molecular weight excluding hydrogens is 412 g/mol. The van der Waals surface area contributed by atoms with Gasteiger partial charge in [0.2, 0.25) is 0 Å². The first-order valence-corrected chi connectivity index (χ1v) is 10.6. The number of benzene rings is 3. The predicted octanol–water partition coefficient (Wildman–Crippen LogP) is 5.51. The van der Waals surface area contributed by atoms with Crippen LogP contribution in [-0.4, -0.2) is 25.3 Å². The molecule has 0 heterocycles. The van der Waals surface area contributed by atoms with E-state index in [9.17, 15) is 4.79 Å². The predicted molar refractivity (Wildman–Crippen MR) is 124 cm³/mol. The molecule has 1 amide bonds. The maximum absolute atomic E-state index is 12.1. The molecule has 0 aliphatic carbocycles. The summed E-state index contributed by atoms with van der Waals surface area (Å²) in [5, 5.41) is 4.53. The van der Waals surface area contributed by atoms with Gasteiger partial charge in [-0.05, 0) is 54.4 Å². The summed E-state index contributed by atoms with van der Waals surface area (Å²) >= 11 is 5.91. The Morgan fingerprint density at radius 3 is 2.55 bits per heavy atom. The van der Waals surface area contributed by atoms with Crippen LogP contribution in [0.2, 0.25) is 5.02 Å². The lowest BCUT2D eigenvalue weighted by molar-refractivity contribution is 0.0955. The highest BCUT2D eigenvalue weighted by atomic mass is 35.5. The first-order valence-electron chi connectivity index (χ1n) is 10.2. The fourth-order valence-corrected chi connectivity index (χ4v) is 3.02. The van der Waals surface area contributed by atoms with E-state index in [0.717, 1.165) is 24.2 Å². The molecule has 160 valence electrons. The Labute approximate surface area is 187 Å². The molecule has 0 radical (unpaired) electrons. The summed E-state index contributed by atoms with van der Waals surface area (Å²) in [5.41, 5.74) is 5.00. The highest BCUT2D eigenvalue weighted by Gasteiger charge is 2.05. The first-order chi connectivity index (χ1) is 15.2. The van der Waals surface area contributed by atoms with Gasteiger partial charge in [-0.15, -0.1) is 0 Å². The maximum Gasteiger partial charge on any atom is 0.271 e. The van der Waals surface area contributed by atoms with Crippen LogP contribution in [0.4, 0.5) is 0 Å². The third-order valence-electron chi connectivity index (χ3n) is 4.52. The molecule has 3 rings (SSSR count). The van der Waals surface area contributed by atoms with Gasteiger partial charge >= 0.3 is 0 Å². The molecule has 1 N–H and O–H groups in total. The molecule has 6 heteroatoms. The zero-order valence-corrected chi connectivity index (χ0v) is 18.1. The van der Waals surface area contributed by atoms with Crippen molar-refractivity contribution in [1.82, 2.24) is 5.43 Å². The van der Waals surface area contributed by atoms with Crippen LogP contribution in [0, 0.1) is 0 Å². The molecule has 3 aromatic carbocycles. The van der Waals surface area contributed by atoms with Gasteiger partial charge in [-0.2, -0.15) is 5.10 Å². The summed E-state index contributed by atoms with van der Waals surface area (Å²) in [6, 6.07) is 22.3. The normalized spacial score (nSPS) is 10.8. The smallest absolute Gasteiger partial charge is 0.271 e. The number of aryl methyl sites for hydroxylation is 1. The number of hydrogen-bond donors (Lipinski definition) is 1. The lowest BCUT2D eigenvalue weighted by atomic mass is 10.2. The van der Waals surface area contributed by atoms with Gasteiger partial charge in [0.1, 0.15) is 11.5 Å². The van der Waals surface area contributed by atoms with E-state index in [2.05, 4.69) is 29.6 Å². The van der Waals surface area contributed by atoms with E-state index in [1.807, 2.05) is 36.4 Å². The van der Waals surface area contributed by atoms with Crippen LogP contribution in [0.25, 0.3) is 0 Å². The minimum absolute atomic E-state index is 0.332. The molecule has 3 aromatic rings. The van der Waals surface area contributed by atoms with Crippen molar-refractivity contribution in [2.24, 2.45) is 5.10 Å². The quantitative estimate of drug-likeness (QED) is 0.259. The maximum atomic E-state index is 12.1. The number of rotatable bonds is 10. The average molecular weight is 437 g/mol. The minimum atomic E-state index is -0.332. The Hall–Kier alpha value is -3.31. The molecule has 0 saturated heterocycles. The van der Waals surface area contributed by atoms with Crippen LogP contribution in [-0.2, 0) is 6.42 Å². The van der Waals surface area contributed by atoms with Gasteiger partial charge in [-0.25, -0.2) is 5.43 Å². The van der Waals surface area contributed by atoms with Gasteiger partial charge in [0.15, 0.2) is 0 Å². The molecule has 0 spiro atoms. The van der Waals surface area contributed by atoms with Crippen molar-refractivity contribution in [3.05, 3.63) is 94.5 Å². The van der Waals surface area contributed by atoms with E-state index < -0.39 is 0 Å². The number of para-hydroxylation sites is 1. The highest BCUT2D eigenvalue weighted by Crippen LogP contribution is 2.17. The van der Waals surface area contributed by atoms with Crippen LogP contribution < -0.4 is 14.9 Å². The van der Waals surface area contributed by atoms with Crippen LogP contribution >= 0.6 is 11.6 Å². The molecule has 0 aromatic heterocycles. The summed E-state index contributed by atoms with van der Waals surface area (Å²) in [5.74, 6) is 1.22. The van der Waals surface area contributed by atoms with Crippen LogP contribution in [0.15, 0.2) is 77.9 Å². The van der Waals surface area contributed by atoms with E-state index in [4.69, 9.17) is 21.1 Å². The standard InChI is InChI=1S/C25H25ClN2O3/c1-2-19-11-13-23(14-12-19)30-15-6-16-31-24-10-4-3-7-21(24)18-27-28-25(29)20-8-5-9-22(26)17-20/h3-5,7-14,17-18H,2,6,15-16H2,1H3,(H,28,29)/b27-18-. The average Bonchev–Trinajstić information content (AvgIpc) is 2.80. The number of amides is 1. The second-order valence-electron chi connectivity index (χ2n) is 6.80. The molecule has 0 aliphatic rings. The third-order valence-corrected chi connectivity index (χ3v) is 4.76. The van der Waals surface area contributed by atoms with Crippen molar-refractivity contribution < 1.29 is 14.3 Å². The van der Waals surface area contributed by atoms with Crippen molar-refractivity contribution in [2.45, 2.75) is 19.8 Å². The second kappa shape index (κ2) is 11.8. The van der Waals surface area contributed by atoms with Gasteiger partial charge in [-0.1, -0.05) is 48.9 Å². The Bertz CT molecular complexity index is 1020. The largest absolute Gasteiger partial charge is 0.493 e. The van der Waals surface area contributed by atoms with Gasteiger partial charge < -0.3 is 9.47 Å². The number of hydrogen-bond acceptors (Lipinski definition) is 4. The molecule has 0 saturated carbocycles. The Morgan fingerprint density at radius 1 is 1.00 bits per heavy atom. The van der Waals surface area contributed by atoms with Crippen molar-refractivity contribution in [2.75, 3.05) is 13.2 Å². The van der Waals surface area contributed by atoms with Crippen molar-refractivity contribution >= 4 is 23.7 Å². The zero-order chi connectivity index (χ0) is 21.9. The number of halogens is 1. The fourth-order valence-electron chi connectivity index (χ4n) is 2.83. The summed E-state index contributed by atoms with van der Waals surface area (Å²) < 4.78 is 11.6. The molecule has 31 heavy (non-hydrogen) atoms. The molecule has 0 bridgehead atoms. The lowest BCUT2D eigenvalue weighted by Gasteiger charge is -2.10. The molecule has 0 aliphatic heterocycles. The second-order valence-corrected chi connectivity index (χ2v) is 7.23. The van der Waals surface area contributed by atoms with Gasteiger partial charge in [0.05, 0.1) is 19.4 Å². The first kappa shape index (κ1) is 22.4. The summed E-state index contributed by atoms with van der Waals surface area (Å²) in [6.45, 7) is 3.20. The SMILES string of the molecule is CCc1ccc(OCCCOc2ccccc2/C=N\NC(=O)c2cccc(Cl)c2)cc1. The monoisotopic (exact) mass is 436 g/mol. The Morgan fingerprint density at radius 2 is 1.77 bits per heavy atom.